The van der Waals surface area contributed by atoms with Crippen molar-refractivity contribution in [2.75, 3.05) is 20.3 Å². The zero-order chi connectivity index (χ0) is 16.7. The molecule has 23 heavy (non-hydrogen) atoms. The number of ether oxygens (including phenoxy) is 1. The summed E-state index contributed by atoms with van der Waals surface area (Å²) in [7, 11) is 1.64. The molecule has 1 N–H and O–H groups in total. The van der Waals surface area contributed by atoms with E-state index in [1.807, 2.05) is 29.7 Å². The van der Waals surface area contributed by atoms with Crippen LogP contribution in [0.5, 0.6) is 0 Å². The Kier molecular flexibility index (Phi) is 6.88. The first kappa shape index (κ1) is 17.8. The average molecular weight is 355 g/mol. The van der Waals surface area contributed by atoms with Crippen molar-refractivity contribution in [1.82, 2.24) is 20.1 Å². The third-order valence-electron chi connectivity index (χ3n) is 3.08. The van der Waals surface area contributed by atoms with Crippen LogP contribution in [-0.4, -0.2) is 46.2 Å². The molecule has 0 spiro atoms. The molecule has 0 bridgehead atoms. The normalized spacial score (nSPS) is 12.1. The van der Waals surface area contributed by atoms with Gasteiger partial charge in [0.25, 0.3) is 0 Å². The van der Waals surface area contributed by atoms with Crippen LogP contribution in [0.2, 0.25) is 5.02 Å². The van der Waals surface area contributed by atoms with Gasteiger partial charge in [-0.05, 0) is 31.5 Å². The van der Waals surface area contributed by atoms with Crippen molar-refractivity contribution in [2.45, 2.75) is 23.8 Å². The molecular weight excluding hydrogens is 336 g/mol. The molecule has 8 heteroatoms. The van der Waals surface area contributed by atoms with E-state index in [2.05, 4.69) is 15.5 Å². The minimum Gasteiger partial charge on any atom is -0.385 e. The van der Waals surface area contributed by atoms with Gasteiger partial charge in [0.1, 0.15) is 6.33 Å². The van der Waals surface area contributed by atoms with Crippen LogP contribution in [0.15, 0.2) is 35.7 Å². The van der Waals surface area contributed by atoms with Gasteiger partial charge in [-0.1, -0.05) is 29.4 Å². The molecule has 0 aliphatic carbocycles. The molecule has 1 aromatic heterocycles. The fourth-order valence-corrected chi connectivity index (χ4v) is 2.94. The van der Waals surface area contributed by atoms with Crippen molar-refractivity contribution in [3.8, 4) is 5.69 Å². The predicted molar refractivity (Wildman–Crippen MR) is 91.2 cm³/mol. The largest absolute Gasteiger partial charge is 0.385 e. The molecule has 2 aromatic rings. The molecule has 1 atom stereocenters. The number of hydrogen-bond donors (Lipinski definition) is 1. The number of hydrogen-bond acceptors (Lipinski definition) is 5. The van der Waals surface area contributed by atoms with Gasteiger partial charge in [0.15, 0.2) is 5.16 Å². The van der Waals surface area contributed by atoms with Gasteiger partial charge < -0.3 is 10.1 Å². The molecule has 6 nitrogen and oxygen atoms in total. The number of nitrogens with zero attached hydrogens (tertiary/aromatic N) is 3. The molecule has 1 aromatic carbocycles. The van der Waals surface area contributed by atoms with Gasteiger partial charge in [0.05, 0.1) is 10.9 Å². The summed E-state index contributed by atoms with van der Waals surface area (Å²) in [5, 5.41) is 11.9. The minimum atomic E-state index is -0.278. The second-order valence-electron chi connectivity index (χ2n) is 4.86. The summed E-state index contributed by atoms with van der Waals surface area (Å²) in [5.41, 5.74) is 0.859. The Bertz CT molecular complexity index is 650. The van der Waals surface area contributed by atoms with E-state index in [9.17, 15) is 4.79 Å². The fraction of sp³-hybridized carbons (Fsp3) is 0.400. The summed E-state index contributed by atoms with van der Waals surface area (Å²) in [6, 6.07) is 7.40. The van der Waals surface area contributed by atoms with Crippen molar-refractivity contribution in [1.29, 1.82) is 0 Å². The predicted octanol–water partition coefficient (Wildman–Crippen LogP) is 2.55. The standard InChI is InChI=1S/C15H19ClN4O2S/c1-11(14(21)17-7-4-8-22-2)23-15-19-18-10-20(15)13-6-3-5-12(16)9-13/h3,5-6,9-11H,4,7-8H2,1-2H3,(H,17,21). The van der Waals surface area contributed by atoms with E-state index >= 15 is 0 Å². The number of amides is 1. The first-order chi connectivity index (χ1) is 11.1. The maximum atomic E-state index is 12.1. The highest BCUT2D eigenvalue weighted by Crippen LogP contribution is 2.25. The molecule has 1 unspecified atom stereocenters. The van der Waals surface area contributed by atoms with Gasteiger partial charge >= 0.3 is 0 Å². The van der Waals surface area contributed by atoms with E-state index in [1.54, 1.807) is 19.5 Å². The van der Waals surface area contributed by atoms with Gasteiger partial charge in [0.2, 0.25) is 5.91 Å². The molecule has 0 aliphatic heterocycles. The number of aromatic nitrogens is 3. The van der Waals surface area contributed by atoms with Crippen LogP contribution in [0.3, 0.4) is 0 Å². The number of methoxy groups -OCH3 is 1. The quantitative estimate of drug-likeness (QED) is 0.582. The lowest BCUT2D eigenvalue weighted by Crippen LogP contribution is -2.32. The smallest absolute Gasteiger partial charge is 0.233 e. The lowest BCUT2D eigenvalue weighted by Gasteiger charge is -2.12. The topological polar surface area (TPSA) is 69.0 Å². The Balaban J connectivity index is 1.98. The van der Waals surface area contributed by atoms with Crippen LogP contribution >= 0.6 is 23.4 Å². The second kappa shape index (κ2) is 8.90. The van der Waals surface area contributed by atoms with Gasteiger partial charge in [-0.3, -0.25) is 9.36 Å². The highest BCUT2D eigenvalue weighted by molar-refractivity contribution is 8.00. The maximum absolute atomic E-state index is 12.1. The zero-order valence-electron chi connectivity index (χ0n) is 13.0. The number of rotatable bonds is 8. The lowest BCUT2D eigenvalue weighted by atomic mass is 10.3. The molecular formula is C15H19ClN4O2S. The fourth-order valence-electron chi connectivity index (χ4n) is 1.89. The van der Waals surface area contributed by atoms with Crippen LogP contribution < -0.4 is 5.32 Å². The summed E-state index contributed by atoms with van der Waals surface area (Å²) in [6.07, 6.45) is 2.40. The highest BCUT2D eigenvalue weighted by atomic mass is 35.5. The summed E-state index contributed by atoms with van der Waals surface area (Å²) < 4.78 is 6.77. The number of carbonyl (C=O) groups is 1. The summed E-state index contributed by atoms with van der Waals surface area (Å²) in [6.45, 7) is 3.07. The third kappa shape index (κ3) is 5.23. The number of benzene rings is 1. The van der Waals surface area contributed by atoms with Gasteiger partial charge in [-0.2, -0.15) is 0 Å². The van der Waals surface area contributed by atoms with E-state index in [1.165, 1.54) is 11.8 Å². The summed E-state index contributed by atoms with van der Waals surface area (Å²) in [4.78, 5) is 12.1. The molecule has 0 saturated heterocycles. The SMILES string of the molecule is COCCCNC(=O)C(C)Sc1nncn1-c1cccc(Cl)c1. The van der Waals surface area contributed by atoms with Crippen molar-refractivity contribution in [3.05, 3.63) is 35.6 Å². The van der Waals surface area contributed by atoms with E-state index in [4.69, 9.17) is 16.3 Å². The van der Waals surface area contributed by atoms with Crippen LogP contribution in [0.1, 0.15) is 13.3 Å². The van der Waals surface area contributed by atoms with Crippen molar-refractivity contribution < 1.29 is 9.53 Å². The molecule has 1 heterocycles. The van der Waals surface area contributed by atoms with Gasteiger partial charge in [0, 0.05) is 25.3 Å². The molecule has 124 valence electrons. The molecule has 0 radical (unpaired) electrons. The Morgan fingerprint density at radius 3 is 3.09 bits per heavy atom. The second-order valence-corrected chi connectivity index (χ2v) is 6.61. The number of thioether (sulfide) groups is 1. The van der Waals surface area contributed by atoms with Crippen LogP contribution in [0, 0.1) is 0 Å². The van der Waals surface area contributed by atoms with Crippen LogP contribution in [-0.2, 0) is 9.53 Å². The Morgan fingerprint density at radius 2 is 2.35 bits per heavy atom. The van der Waals surface area contributed by atoms with Crippen molar-refractivity contribution >= 4 is 29.3 Å². The van der Waals surface area contributed by atoms with E-state index in [0.717, 1.165) is 12.1 Å². The van der Waals surface area contributed by atoms with E-state index < -0.39 is 0 Å². The average Bonchev–Trinajstić information content (AvgIpc) is 2.99. The van der Waals surface area contributed by atoms with Crippen molar-refractivity contribution in [2.24, 2.45) is 0 Å². The number of nitrogens with one attached hydrogen (secondary N) is 1. The van der Waals surface area contributed by atoms with E-state index in [-0.39, 0.29) is 11.2 Å². The monoisotopic (exact) mass is 354 g/mol. The van der Waals surface area contributed by atoms with Crippen LogP contribution in [0.4, 0.5) is 0 Å². The Morgan fingerprint density at radius 1 is 1.52 bits per heavy atom. The molecule has 0 saturated carbocycles. The molecule has 0 fully saturated rings. The van der Waals surface area contributed by atoms with E-state index in [0.29, 0.717) is 23.3 Å². The highest BCUT2D eigenvalue weighted by Gasteiger charge is 2.18. The molecule has 0 aliphatic rings. The Labute approximate surface area is 144 Å². The number of halogens is 1. The van der Waals surface area contributed by atoms with Crippen molar-refractivity contribution in [3.63, 3.8) is 0 Å². The molecule has 2 rings (SSSR count). The molecule has 1 amide bonds. The van der Waals surface area contributed by atoms with Gasteiger partial charge in [-0.15, -0.1) is 10.2 Å². The number of carbonyl (C=O) groups excluding carboxylic acids is 1. The van der Waals surface area contributed by atoms with Gasteiger partial charge in [-0.25, -0.2) is 0 Å². The maximum Gasteiger partial charge on any atom is 0.233 e. The first-order valence-corrected chi connectivity index (χ1v) is 8.47. The van der Waals surface area contributed by atoms with Crippen LogP contribution in [0.25, 0.3) is 5.69 Å². The minimum absolute atomic E-state index is 0.0354. The summed E-state index contributed by atoms with van der Waals surface area (Å²) in [5.74, 6) is -0.0354. The zero-order valence-corrected chi connectivity index (χ0v) is 14.6. The summed E-state index contributed by atoms with van der Waals surface area (Å²) >= 11 is 7.37. The first-order valence-electron chi connectivity index (χ1n) is 7.21. The third-order valence-corrected chi connectivity index (χ3v) is 4.37. The Hall–Kier alpha value is -1.57. The lowest BCUT2D eigenvalue weighted by molar-refractivity contribution is -0.120.